The predicted octanol–water partition coefficient (Wildman–Crippen LogP) is 2.79. The number of hydrogen-bond donors (Lipinski definition) is 2. The summed E-state index contributed by atoms with van der Waals surface area (Å²) in [5.41, 5.74) is 0.534. The molecule has 7 heteroatoms. The van der Waals surface area contributed by atoms with Crippen molar-refractivity contribution in [2.75, 3.05) is 0 Å². The first-order valence-electron chi connectivity index (χ1n) is 7.41. The summed E-state index contributed by atoms with van der Waals surface area (Å²) in [4.78, 5) is 15.8. The molecular formula is C17H18F2N2O3. The number of rotatable bonds is 6. The number of halogens is 2. The fourth-order valence-electron chi connectivity index (χ4n) is 1.89. The van der Waals surface area contributed by atoms with Crippen molar-refractivity contribution in [2.45, 2.75) is 26.5 Å². The molecule has 1 heterocycles. The molecule has 2 N–H and O–H groups in total. The highest BCUT2D eigenvalue weighted by molar-refractivity contribution is 5.80. The highest BCUT2D eigenvalue weighted by atomic mass is 19.2. The monoisotopic (exact) mass is 336 g/mol. The van der Waals surface area contributed by atoms with Gasteiger partial charge in [0, 0.05) is 24.4 Å². The Labute approximate surface area is 138 Å². The van der Waals surface area contributed by atoms with Crippen LogP contribution in [0.2, 0.25) is 0 Å². The molecule has 128 valence electrons. The Kier molecular flexibility index (Phi) is 5.81. The number of aliphatic hydroxyl groups is 1. The third-order valence-corrected chi connectivity index (χ3v) is 3.31. The van der Waals surface area contributed by atoms with E-state index in [4.69, 9.17) is 4.74 Å². The van der Waals surface area contributed by atoms with E-state index in [1.54, 1.807) is 26.0 Å². The first-order valence-corrected chi connectivity index (χ1v) is 7.41. The number of hydrogen-bond acceptors (Lipinski definition) is 4. The Morgan fingerprint density at radius 1 is 1.29 bits per heavy atom. The number of carbonyl (C=O) groups excluding carboxylic acids is 1. The van der Waals surface area contributed by atoms with E-state index in [9.17, 15) is 18.7 Å². The molecule has 0 spiro atoms. The van der Waals surface area contributed by atoms with Gasteiger partial charge in [-0.3, -0.25) is 4.79 Å². The number of benzene rings is 1. The number of aromatic nitrogens is 1. The summed E-state index contributed by atoms with van der Waals surface area (Å²) in [5, 5.41) is 12.3. The Morgan fingerprint density at radius 3 is 2.71 bits per heavy atom. The average Bonchev–Trinajstić information content (AvgIpc) is 2.56. The van der Waals surface area contributed by atoms with Crippen LogP contribution in [0.4, 0.5) is 8.78 Å². The number of pyridine rings is 1. The van der Waals surface area contributed by atoms with Crippen molar-refractivity contribution in [3.63, 3.8) is 0 Å². The van der Waals surface area contributed by atoms with Crippen LogP contribution in [-0.4, -0.2) is 22.1 Å². The van der Waals surface area contributed by atoms with Crippen LogP contribution >= 0.6 is 0 Å². The molecule has 2 rings (SSSR count). The Bertz CT molecular complexity index is 723. The van der Waals surface area contributed by atoms with E-state index in [0.717, 1.165) is 12.1 Å². The fraction of sp³-hybridized carbons (Fsp3) is 0.294. The summed E-state index contributed by atoms with van der Waals surface area (Å²) in [6.45, 7) is 3.54. The standard InChI is InChI=1S/C17H18F2N2O3/c1-10(2)15(22)16(23)21-9-11-4-3-7-20-17(11)24-12-5-6-13(18)14(19)8-12/h3-8,10,15,22H,9H2,1-2H3,(H,21,23). The van der Waals surface area contributed by atoms with Crippen molar-refractivity contribution in [3.05, 3.63) is 53.7 Å². The van der Waals surface area contributed by atoms with E-state index < -0.39 is 23.6 Å². The van der Waals surface area contributed by atoms with Gasteiger partial charge in [-0.25, -0.2) is 13.8 Å². The molecule has 0 fully saturated rings. The zero-order valence-corrected chi connectivity index (χ0v) is 13.3. The summed E-state index contributed by atoms with van der Waals surface area (Å²) in [6.07, 6.45) is 0.362. The smallest absolute Gasteiger partial charge is 0.249 e. The summed E-state index contributed by atoms with van der Waals surface area (Å²) in [7, 11) is 0. The summed E-state index contributed by atoms with van der Waals surface area (Å²) < 4.78 is 31.6. The molecule has 0 aliphatic rings. The fourth-order valence-corrected chi connectivity index (χ4v) is 1.89. The van der Waals surface area contributed by atoms with Gasteiger partial charge < -0.3 is 15.2 Å². The van der Waals surface area contributed by atoms with Crippen LogP contribution < -0.4 is 10.1 Å². The van der Waals surface area contributed by atoms with Gasteiger partial charge in [0.2, 0.25) is 11.8 Å². The van der Waals surface area contributed by atoms with Gasteiger partial charge in [-0.1, -0.05) is 19.9 Å². The first-order chi connectivity index (χ1) is 11.4. The van der Waals surface area contributed by atoms with Crippen LogP contribution in [-0.2, 0) is 11.3 Å². The quantitative estimate of drug-likeness (QED) is 0.851. The molecule has 0 aliphatic carbocycles. The molecule has 1 amide bonds. The summed E-state index contributed by atoms with van der Waals surface area (Å²) >= 11 is 0. The lowest BCUT2D eigenvalue weighted by Crippen LogP contribution is -2.37. The lowest BCUT2D eigenvalue weighted by atomic mass is 10.1. The number of ether oxygens (including phenoxy) is 1. The highest BCUT2D eigenvalue weighted by Gasteiger charge is 2.19. The van der Waals surface area contributed by atoms with Gasteiger partial charge in [-0.15, -0.1) is 0 Å². The minimum absolute atomic E-state index is 0.0788. The topological polar surface area (TPSA) is 71.5 Å². The Balaban J connectivity index is 2.10. The van der Waals surface area contributed by atoms with E-state index in [2.05, 4.69) is 10.3 Å². The lowest BCUT2D eigenvalue weighted by Gasteiger charge is -2.15. The minimum Gasteiger partial charge on any atom is -0.439 e. The zero-order valence-electron chi connectivity index (χ0n) is 13.3. The van der Waals surface area contributed by atoms with E-state index in [1.807, 2.05) is 0 Å². The number of amides is 1. The van der Waals surface area contributed by atoms with Gasteiger partial charge >= 0.3 is 0 Å². The first kappa shape index (κ1) is 17.8. The molecule has 5 nitrogen and oxygen atoms in total. The van der Waals surface area contributed by atoms with E-state index in [0.29, 0.717) is 5.56 Å². The summed E-state index contributed by atoms with van der Waals surface area (Å²) in [6, 6.07) is 6.46. The molecule has 0 aliphatic heterocycles. The molecule has 1 aromatic heterocycles. The lowest BCUT2D eigenvalue weighted by molar-refractivity contribution is -0.131. The van der Waals surface area contributed by atoms with E-state index in [1.165, 1.54) is 12.3 Å². The molecule has 1 atom stereocenters. The van der Waals surface area contributed by atoms with Crippen molar-refractivity contribution in [1.29, 1.82) is 0 Å². The van der Waals surface area contributed by atoms with E-state index in [-0.39, 0.29) is 24.1 Å². The highest BCUT2D eigenvalue weighted by Crippen LogP contribution is 2.24. The molecule has 2 aromatic rings. The Hall–Kier alpha value is -2.54. The van der Waals surface area contributed by atoms with Gasteiger partial charge in [0.1, 0.15) is 11.9 Å². The van der Waals surface area contributed by atoms with E-state index >= 15 is 0 Å². The zero-order chi connectivity index (χ0) is 17.7. The second-order valence-corrected chi connectivity index (χ2v) is 5.55. The van der Waals surface area contributed by atoms with Crippen LogP contribution in [0.25, 0.3) is 0 Å². The van der Waals surface area contributed by atoms with Gasteiger partial charge in [-0.2, -0.15) is 0 Å². The molecule has 0 radical (unpaired) electrons. The minimum atomic E-state index is -1.11. The van der Waals surface area contributed by atoms with Crippen molar-refractivity contribution in [3.8, 4) is 11.6 Å². The van der Waals surface area contributed by atoms with Gasteiger partial charge in [0.05, 0.1) is 0 Å². The average molecular weight is 336 g/mol. The SMILES string of the molecule is CC(C)C(O)C(=O)NCc1cccnc1Oc1ccc(F)c(F)c1. The van der Waals surface area contributed by atoms with Crippen molar-refractivity contribution < 1.29 is 23.4 Å². The van der Waals surface area contributed by atoms with Gasteiger partial charge in [-0.05, 0) is 24.1 Å². The molecule has 0 saturated carbocycles. The second-order valence-electron chi connectivity index (χ2n) is 5.55. The molecule has 1 unspecified atom stereocenters. The Morgan fingerprint density at radius 2 is 2.04 bits per heavy atom. The maximum Gasteiger partial charge on any atom is 0.249 e. The van der Waals surface area contributed by atoms with Gasteiger partial charge in [0.15, 0.2) is 11.6 Å². The van der Waals surface area contributed by atoms with Crippen molar-refractivity contribution in [1.82, 2.24) is 10.3 Å². The number of carbonyl (C=O) groups is 1. The largest absolute Gasteiger partial charge is 0.439 e. The number of nitrogens with one attached hydrogen (secondary N) is 1. The third-order valence-electron chi connectivity index (χ3n) is 3.31. The molecule has 0 saturated heterocycles. The number of nitrogens with zero attached hydrogens (tertiary/aromatic N) is 1. The molecule has 1 aromatic carbocycles. The predicted molar refractivity (Wildman–Crippen MR) is 83.4 cm³/mol. The summed E-state index contributed by atoms with van der Waals surface area (Å²) in [5.74, 6) is -2.48. The van der Waals surface area contributed by atoms with Crippen molar-refractivity contribution in [2.24, 2.45) is 5.92 Å². The van der Waals surface area contributed by atoms with Crippen LogP contribution in [0.5, 0.6) is 11.6 Å². The normalized spacial score (nSPS) is 12.1. The second kappa shape index (κ2) is 7.83. The molecule has 0 bridgehead atoms. The third kappa shape index (κ3) is 4.48. The van der Waals surface area contributed by atoms with Crippen molar-refractivity contribution >= 4 is 5.91 Å². The van der Waals surface area contributed by atoms with Crippen LogP contribution in [0.3, 0.4) is 0 Å². The van der Waals surface area contributed by atoms with Crippen LogP contribution in [0.1, 0.15) is 19.4 Å². The van der Waals surface area contributed by atoms with Crippen LogP contribution in [0, 0.1) is 17.6 Å². The maximum absolute atomic E-state index is 13.2. The maximum atomic E-state index is 13.2. The number of aliphatic hydroxyl groups excluding tert-OH is 1. The molecular weight excluding hydrogens is 318 g/mol. The van der Waals surface area contributed by atoms with Crippen LogP contribution in [0.15, 0.2) is 36.5 Å². The molecule has 24 heavy (non-hydrogen) atoms. The van der Waals surface area contributed by atoms with Gasteiger partial charge in [0.25, 0.3) is 0 Å².